The quantitative estimate of drug-likeness (QED) is 0.633. The Bertz CT molecular complexity index is 898. The Morgan fingerprint density at radius 1 is 1.06 bits per heavy atom. The normalized spacial score (nSPS) is 21.5. The van der Waals surface area contributed by atoms with E-state index in [1.165, 1.54) is 12.8 Å². The molecule has 2 heterocycles. The summed E-state index contributed by atoms with van der Waals surface area (Å²) in [5, 5.41) is 12.2. The molecule has 7 heteroatoms. The van der Waals surface area contributed by atoms with E-state index in [2.05, 4.69) is 17.2 Å². The maximum absolute atomic E-state index is 8.70. The van der Waals surface area contributed by atoms with Crippen LogP contribution in [0.2, 0.25) is 0 Å². The van der Waals surface area contributed by atoms with Crippen molar-refractivity contribution in [3.05, 3.63) is 30.5 Å². The zero-order valence-electron chi connectivity index (χ0n) is 18.8. The van der Waals surface area contributed by atoms with Crippen molar-refractivity contribution in [2.45, 2.75) is 51.5 Å². The van der Waals surface area contributed by atoms with Crippen LogP contribution in [0.3, 0.4) is 0 Å². The predicted octanol–water partition coefficient (Wildman–Crippen LogP) is 4.84. The van der Waals surface area contributed by atoms with Crippen molar-refractivity contribution in [3.63, 3.8) is 0 Å². The number of benzene rings is 1. The molecule has 32 heavy (non-hydrogen) atoms. The average molecular weight is 437 g/mol. The lowest BCUT2D eigenvalue weighted by molar-refractivity contribution is 0.0491. The zero-order chi connectivity index (χ0) is 22.2. The third-order valence-electron chi connectivity index (χ3n) is 6.37. The Balaban J connectivity index is 1.51. The van der Waals surface area contributed by atoms with Crippen molar-refractivity contribution in [2.24, 2.45) is 11.8 Å². The number of hydrogen-bond donors (Lipinski definition) is 1. The number of anilines is 1. The van der Waals surface area contributed by atoms with Crippen molar-refractivity contribution in [1.29, 1.82) is 5.26 Å². The molecule has 1 saturated carbocycles. The fourth-order valence-corrected chi connectivity index (χ4v) is 4.29. The zero-order valence-corrected chi connectivity index (χ0v) is 18.8. The van der Waals surface area contributed by atoms with Crippen LogP contribution in [0.4, 0.5) is 5.95 Å². The molecule has 1 aromatic carbocycles. The molecule has 1 aliphatic heterocycles. The lowest BCUT2D eigenvalue weighted by Gasteiger charge is -2.27. The van der Waals surface area contributed by atoms with Gasteiger partial charge in [-0.25, -0.2) is 4.98 Å². The van der Waals surface area contributed by atoms with Gasteiger partial charge in [0.1, 0.15) is 11.8 Å². The van der Waals surface area contributed by atoms with Crippen LogP contribution in [0, 0.1) is 23.2 Å². The van der Waals surface area contributed by atoms with Gasteiger partial charge in [-0.2, -0.15) is 10.2 Å². The molecule has 170 valence electrons. The third-order valence-corrected chi connectivity index (χ3v) is 6.37. The van der Waals surface area contributed by atoms with E-state index in [0.717, 1.165) is 55.9 Å². The molecule has 0 amide bonds. The molecule has 7 nitrogen and oxygen atoms in total. The Morgan fingerprint density at radius 3 is 2.53 bits per heavy atom. The van der Waals surface area contributed by atoms with E-state index in [9.17, 15) is 0 Å². The number of nitrogens with one attached hydrogen (secondary N) is 1. The molecule has 1 aliphatic carbocycles. The molecule has 2 aromatic rings. The summed E-state index contributed by atoms with van der Waals surface area (Å²) in [7, 11) is 0. The lowest BCUT2D eigenvalue weighted by atomic mass is 9.87. The van der Waals surface area contributed by atoms with Crippen LogP contribution in [0.5, 0.6) is 11.6 Å². The second kappa shape index (κ2) is 11.1. The molecule has 1 N–H and O–H groups in total. The number of nitrogens with zero attached hydrogens (tertiary/aromatic N) is 3. The molecule has 1 saturated heterocycles. The average Bonchev–Trinajstić information content (AvgIpc) is 2.84. The largest absolute Gasteiger partial charge is 0.479 e. The first-order valence-electron chi connectivity index (χ1n) is 11.7. The van der Waals surface area contributed by atoms with Gasteiger partial charge in [-0.15, -0.1) is 0 Å². The van der Waals surface area contributed by atoms with Crippen molar-refractivity contribution in [1.82, 2.24) is 9.97 Å². The second-order valence-electron chi connectivity index (χ2n) is 8.85. The number of aromatic nitrogens is 2. The summed E-state index contributed by atoms with van der Waals surface area (Å²) in [6, 6.07) is 9.99. The van der Waals surface area contributed by atoms with Gasteiger partial charge in [0, 0.05) is 25.5 Å². The molecule has 0 bridgehead atoms. The molecule has 4 rings (SSSR count). The summed E-state index contributed by atoms with van der Waals surface area (Å²) in [4.78, 5) is 9.37. The standard InChI is InChI=1S/C25H32N4O3/c1-18-2-6-21(7-3-18)28-25-27-16-23(20-4-8-22(9-5-20)31-15-12-26)24(29-25)32-17-19-10-13-30-14-11-19/h4-5,8-9,16,18-19,21H,2-3,6-7,10-11,13-15,17H2,1H3,(H,27,28,29)/t18-,21-. The van der Waals surface area contributed by atoms with E-state index in [1.54, 1.807) is 0 Å². The molecule has 0 atom stereocenters. The first kappa shape index (κ1) is 22.3. The number of nitriles is 1. The van der Waals surface area contributed by atoms with Gasteiger partial charge in [0.05, 0.1) is 12.2 Å². The fourth-order valence-electron chi connectivity index (χ4n) is 4.29. The van der Waals surface area contributed by atoms with Gasteiger partial charge in [-0.3, -0.25) is 0 Å². The van der Waals surface area contributed by atoms with Crippen molar-refractivity contribution >= 4 is 5.95 Å². The van der Waals surface area contributed by atoms with Gasteiger partial charge in [-0.1, -0.05) is 19.1 Å². The summed E-state index contributed by atoms with van der Waals surface area (Å²) < 4.78 is 17.1. The van der Waals surface area contributed by atoms with Crippen LogP contribution in [0.25, 0.3) is 11.1 Å². The first-order chi connectivity index (χ1) is 15.7. The maximum Gasteiger partial charge on any atom is 0.226 e. The highest BCUT2D eigenvalue weighted by molar-refractivity contribution is 5.69. The van der Waals surface area contributed by atoms with E-state index in [0.29, 0.717) is 36.1 Å². The number of hydrogen-bond acceptors (Lipinski definition) is 7. The first-order valence-corrected chi connectivity index (χ1v) is 11.7. The number of rotatable bonds is 8. The van der Waals surface area contributed by atoms with Crippen molar-refractivity contribution < 1.29 is 14.2 Å². The van der Waals surface area contributed by atoms with Crippen LogP contribution < -0.4 is 14.8 Å². The highest BCUT2D eigenvalue weighted by atomic mass is 16.5. The minimum Gasteiger partial charge on any atom is -0.479 e. The van der Waals surface area contributed by atoms with E-state index >= 15 is 0 Å². The van der Waals surface area contributed by atoms with Crippen LogP contribution in [-0.4, -0.2) is 42.4 Å². The minimum absolute atomic E-state index is 0.0300. The molecule has 0 spiro atoms. The van der Waals surface area contributed by atoms with Crippen molar-refractivity contribution in [2.75, 3.05) is 31.7 Å². The molecule has 1 aromatic heterocycles. The van der Waals surface area contributed by atoms with Gasteiger partial charge in [0.2, 0.25) is 11.8 Å². The lowest BCUT2D eigenvalue weighted by Crippen LogP contribution is -2.26. The molecule has 2 fully saturated rings. The minimum atomic E-state index is 0.0300. The molecular formula is C25H32N4O3. The second-order valence-corrected chi connectivity index (χ2v) is 8.85. The van der Waals surface area contributed by atoms with Crippen LogP contribution in [0.15, 0.2) is 30.5 Å². The molecule has 0 radical (unpaired) electrons. The molecule has 2 aliphatic rings. The number of ether oxygens (including phenoxy) is 3. The van der Waals surface area contributed by atoms with E-state index < -0.39 is 0 Å². The Labute approximate surface area is 190 Å². The molecular weight excluding hydrogens is 404 g/mol. The fraction of sp³-hybridized carbons (Fsp3) is 0.560. The molecule has 0 unspecified atom stereocenters. The van der Waals surface area contributed by atoms with E-state index in [4.69, 9.17) is 24.5 Å². The summed E-state index contributed by atoms with van der Waals surface area (Å²) in [6.45, 7) is 4.56. The maximum atomic E-state index is 8.70. The SMILES string of the molecule is C[C@H]1CC[C@H](Nc2ncc(-c3ccc(OCC#N)cc3)c(OCC3CCOCC3)n2)CC1. The highest BCUT2D eigenvalue weighted by Gasteiger charge is 2.21. The topological polar surface area (TPSA) is 89.3 Å². The predicted molar refractivity (Wildman–Crippen MR) is 123 cm³/mol. The van der Waals surface area contributed by atoms with Gasteiger partial charge >= 0.3 is 0 Å². The van der Waals surface area contributed by atoms with E-state index in [1.807, 2.05) is 36.5 Å². The Kier molecular flexibility index (Phi) is 7.78. The van der Waals surface area contributed by atoms with Crippen molar-refractivity contribution in [3.8, 4) is 28.8 Å². The van der Waals surface area contributed by atoms with Gasteiger partial charge < -0.3 is 19.5 Å². The summed E-state index contributed by atoms with van der Waals surface area (Å²) in [6.07, 6.45) is 8.63. The van der Waals surface area contributed by atoms with Gasteiger partial charge in [0.25, 0.3) is 0 Å². The van der Waals surface area contributed by atoms with Crippen LogP contribution in [-0.2, 0) is 4.74 Å². The Morgan fingerprint density at radius 2 is 1.81 bits per heavy atom. The Hall–Kier alpha value is -2.85. The summed E-state index contributed by atoms with van der Waals surface area (Å²) >= 11 is 0. The van der Waals surface area contributed by atoms with Gasteiger partial charge in [0.15, 0.2) is 6.61 Å². The summed E-state index contributed by atoms with van der Waals surface area (Å²) in [5.41, 5.74) is 1.81. The van der Waals surface area contributed by atoms with E-state index in [-0.39, 0.29) is 6.61 Å². The summed E-state index contributed by atoms with van der Waals surface area (Å²) in [5.74, 6) is 3.17. The smallest absolute Gasteiger partial charge is 0.226 e. The monoisotopic (exact) mass is 436 g/mol. The highest BCUT2D eigenvalue weighted by Crippen LogP contribution is 2.32. The third kappa shape index (κ3) is 6.10. The van der Waals surface area contributed by atoms with Gasteiger partial charge in [-0.05, 0) is 68.1 Å². The van der Waals surface area contributed by atoms with Crippen LogP contribution >= 0.6 is 0 Å². The van der Waals surface area contributed by atoms with Crippen LogP contribution in [0.1, 0.15) is 45.4 Å².